The summed E-state index contributed by atoms with van der Waals surface area (Å²) in [7, 11) is 0. The van der Waals surface area contributed by atoms with Crippen molar-refractivity contribution in [3.05, 3.63) is 87.9 Å². The molecule has 0 bridgehead atoms. The van der Waals surface area contributed by atoms with E-state index in [-0.39, 0.29) is 12.6 Å². The van der Waals surface area contributed by atoms with Gasteiger partial charge < -0.3 is 19.7 Å². The molecule has 2 amide bonds. The first-order chi connectivity index (χ1) is 19.3. The van der Waals surface area contributed by atoms with Crippen molar-refractivity contribution in [3.8, 4) is 0 Å². The van der Waals surface area contributed by atoms with Gasteiger partial charge in [-0.3, -0.25) is 19.2 Å². The Hall–Kier alpha value is -4.05. The van der Waals surface area contributed by atoms with Gasteiger partial charge in [-0.15, -0.1) is 11.3 Å². The number of thiazole rings is 1. The summed E-state index contributed by atoms with van der Waals surface area (Å²) >= 11 is 1.40. The van der Waals surface area contributed by atoms with Gasteiger partial charge in [0.2, 0.25) is 12.2 Å². The molecule has 1 unspecified atom stereocenters. The molecule has 2 aromatic carbocycles. The second kappa shape index (κ2) is 13.8. The summed E-state index contributed by atoms with van der Waals surface area (Å²) in [5.74, 6) is -2.86. The number of likely N-dealkylation sites (tertiary alicyclic amines) is 1. The highest BCUT2D eigenvalue weighted by molar-refractivity contribution is 7.09. The van der Waals surface area contributed by atoms with Crippen LogP contribution in [0.3, 0.4) is 0 Å². The van der Waals surface area contributed by atoms with Crippen molar-refractivity contribution in [1.29, 1.82) is 0 Å². The number of benzene rings is 2. The third kappa shape index (κ3) is 7.75. The second-order valence-electron chi connectivity index (χ2n) is 9.60. The molecule has 3 aromatic rings. The van der Waals surface area contributed by atoms with Gasteiger partial charge in [-0.1, -0.05) is 60.7 Å². The van der Waals surface area contributed by atoms with E-state index in [4.69, 9.17) is 9.47 Å². The predicted octanol–water partition coefficient (Wildman–Crippen LogP) is 3.77. The number of hydrogen-bond acceptors (Lipinski definition) is 8. The minimum Gasteiger partial charge on any atom is -0.448 e. The molecule has 1 saturated heterocycles. The number of esters is 2. The summed E-state index contributed by atoms with van der Waals surface area (Å²) < 4.78 is 10.6. The number of hydrogen-bond donors (Lipinski definition) is 1. The summed E-state index contributed by atoms with van der Waals surface area (Å²) in [6, 6.07) is 19.4. The van der Waals surface area contributed by atoms with Gasteiger partial charge in [0.25, 0.3) is 11.8 Å². The van der Waals surface area contributed by atoms with Gasteiger partial charge in [0.1, 0.15) is 5.01 Å². The molecule has 1 aliphatic rings. The molecule has 1 N–H and O–H groups in total. The van der Waals surface area contributed by atoms with Crippen LogP contribution in [0.1, 0.15) is 54.6 Å². The van der Waals surface area contributed by atoms with Gasteiger partial charge in [0, 0.05) is 25.8 Å². The van der Waals surface area contributed by atoms with Crippen molar-refractivity contribution < 1.29 is 28.7 Å². The summed E-state index contributed by atoms with van der Waals surface area (Å²) in [6.07, 6.45) is -0.196. The van der Waals surface area contributed by atoms with Crippen LogP contribution in [0.4, 0.5) is 0 Å². The van der Waals surface area contributed by atoms with Crippen molar-refractivity contribution in [3.63, 3.8) is 0 Å². The van der Waals surface area contributed by atoms with E-state index in [9.17, 15) is 19.2 Å². The Kier molecular flexibility index (Phi) is 10.0. The van der Waals surface area contributed by atoms with E-state index in [0.29, 0.717) is 11.6 Å². The van der Waals surface area contributed by atoms with Gasteiger partial charge >= 0.3 is 11.9 Å². The van der Waals surface area contributed by atoms with E-state index < -0.39 is 36.0 Å². The first-order valence-corrected chi connectivity index (χ1v) is 14.1. The Morgan fingerprint density at radius 2 is 1.60 bits per heavy atom. The first kappa shape index (κ1) is 28.9. The molecule has 0 spiro atoms. The molecule has 210 valence electrons. The molecule has 9 nitrogen and oxygen atoms in total. The maximum Gasteiger partial charge on any atom is 0.303 e. The van der Waals surface area contributed by atoms with Crippen LogP contribution in [0, 0.1) is 0 Å². The molecule has 3 atom stereocenters. The van der Waals surface area contributed by atoms with Crippen LogP contribution in [0.15, 0.2) is 66.0 Å². The van der Waals surface area contributed by atoms with Gasteiger partial charge in [0.15, 0.2) is 0 Å². The SMILES string of the molecule is CC(=O)O[C@@H](C(=O)NCc1nc(CCc2ccccc2)cs1)[C@@H](OC(C)=O)C(=O)N1CCCC1c1ccccc1. The number of aromatic nitrogens is 1. The average molecular weight is 564 g/mol. The van der Waals surface area contributed by atoms with E-state index in [1.807, 2.05) is 53.9 Å². The van der Waals surface area contributed by atoms with Gasteiger partial charge in [0.05, 0.1) is 18.3 Å². The minimum absolute atomic E-state index is 0.0734. The minimum atomic E-state index is -1.65. The fourth-order valence-corrected chi connectivity index (χ4v) is 5.56. The summed E-state index contributed by atoms with van der Waals surface area (Å²) in [6.45, 7) is 2.78. The Morgan fingerprint density at radius 3 is 2.27 bits per heavy atom. The average Bonchev–Trinajstić information content (AvgIpc) is 3.63. The van der Waals surface area contributed by atoms with Crippen molar-refractivity contribution in [2.45, 2.75) is 64.3 Å². The normalized spacial score (nSPS) is 16.1. The standard InChI is InChI=1S/C30H33N3O6S/c1-20(34)38-27(29(36)31-18-26-32-24(19-40-26)16-15-22-10-5-3-6-11-22)28(39-21(2)35)30(37)33-17-9-14-25(33)23-12-7-4-8-13-23/h3-8,10-13,19,25,27-28H,9,14-18H2,1-2H3,(H,31,36)/t25?,27-,28-/m1/s1. The fourth-order valence-electron chi connectivity index (χ4n) is 4.79. The zero-order chi connectivity index (χ0) is 28.5. The number of rotatable bonds is 11. The van der Waals surface area contributed by atoms with Gasteiger partial charge in [-0.25, -0.2) is 4.98 Å². The zero-order valence-electron chi connectivity index (χ0n) is 22.6. The molecular weight excluding hydrogens is 530 g/mol. The Bertz CT molecular complexity index is 1310. The lowest BCUT2D eigenvalue weighted by Crippen LogP contribution is -2.53. The fraction of sp³-hybridized carbons (Fsp3) is 0.367. The van der Waals surface area contributed by atoms with Crippen molar-refractivity contribution >= 4 is 35.1 Å². The Balaban J connectivity index is 1.45. The smallest absolute Gasteiger partial charge is 0.303 e. The maximum absolute atomic E-state index is 13.7. The second-order valence-corrected chi connectivity index (χ2v) is 10.5. The van der Waals surface area contributed by atoms with Crippen LogP contribution in [0.2, 0.25) is 0 Å². The van der Waals surface area contributed by atoms with Crippen LogP contribution < -0.4 is 5.32 Å². The van der Waals surface area contributed by atoms with E-state index in [1.165, 1.54) is 16.9 Å². The monoisotopic (exact) mass is 563 g/mol. The lowest BCUT2D eigenvalue weighted by Gasteiger charge is -2.31. The topological polar surface area (TPSA) is 115 Å². The molecule has 1 aliphatic heterocycles. The summed E-state index contributed by atoms with van der Waals surface area (Å²) in [5.41, 5.74) is 3.06. The van der Waals surface area contributed by atoms with Crippen LogP contribution in [0.25, 0.3) is 0 Å². The molecule has 0 saturated carbocycles. The number of carbonyl (C=O) groups excluding carboxylic acids is 4. The quantitative estimate of drug-likeness (QED) is 0.353. The number of carbonyl (C=O) groups is 4. The predicted molar refractivity (Wildman–Crippen MR) is 149 cm³/mol. The van der Waals surface area contributed by atoms with E-state index in [2.05, 4.69) is 22.4 Å². The maximum atomic E-state index is 13.7. The van der Waals surface area contributed by atoms with Crippen LogP contribution >= 0.6 is 11.3 Å². The number of amides is 2. The molecule has 0 radical (unpaired) electrons. The van der Waals surface area contributed by atoms with Crippen LogP contribution in [-0.2, 0) is 48.0 Å². The number of nitrogens with one attached hydrogen (secondary N) is 1. The highest BCUT2D eigenvalue weighted by atomic mass is 32.1. The highest BCUT2D eigenvalue weighted by Crippen LogP contribution is 2.33. The molecule has 40 heavy (non-hydrogen) atoms. The van der Waals surface area contributed by atoms with Crippen molar-refractivity contribution in [2.24, 2.45) is 0 Å². The van der Waals surface area contributed by atoms with Gasteiger partial charge in [-0.2, -0.15) is 0 Å². The lowest BCUT2D eigenvalue weighted by atomic mass is 10.0. The first-order valence-electron chi connectivity index (χ1n) is 13.3. The molecule has 2 heterocycles. The number of nitrogens with zero attached hydrogens (tertiary/aromatic N) is 2. The summed E-state index contributed by atoms with van der Waals surface area (Å²) in [5, 5.41) is 5.31. The zero-order valence-corrected chi connectivity index (χ0v) is 23.4. The molecule has 0 aliphatic carbocycles. The Morgan fingerprint density at radius 1 is 0.950 bits per heavy atom. The molecule has 1 fully saturated rings. The van der Waals surface area contributed by atoms with Crippen molar-refractivity contribution in [1.82, 2.24) is 15.2 Å². The highest BCUT2D eigenvalue weighted by Gasteiger charge is 2.44. The molecule has 4 rings (SSSR count). The van der Waals surface area contributed by atoms with E-state index in [0.717, 1.165) is 50.8 Å². The molecule has 10 heteroatoms. The van der Waals surface area contributed by atoms with E-state index in [1.54, 1.807) is 4.90 Å². The third-order valence-corrected chi connectivity index (χ3v) is 7.51. The third-order valence-electron chi connectivity index (χ3n) is 6.61. The number of aryl methyl sites for hydroxylation is 2. The molecule has 1 aromatic heterocycles. The van der Waals surface area contributed by atoms with Crippen LogP contribution in [-0.4, -0.2) is 52.4 Å². The van der Waals surface area contributed by atoms with Gasteiger partial charge in [-0.05, 0) is 36.8 Å². The largest absolute Gasteiger partial charge is 0.448 e. The van der Waals surface area contributed by atoms with Crippen molar-refractivity contribution in [2.75, 3.05) is 6.54 Å². The lowest BCUT2D eigenvalue weighted by molar-refractivity contribution is -0.178. The Labute approximate surface area is 237 Å². The number of ether oxygens (including phenoxy) is 2. The van der Waals surface area contributed by atoms with E-state index >= 15 is 0 Å². The summed E-state index contributed by atoms with van der Waals surface area (Å²) in [4.78, 5) is 57.2. The molecular formula is C30H33N3O6S. The van der Waals surface area contributed by atoms with Crippen LogP contribution in [0.5, 0.6) is 0 Å².